The van der Waals surface area contributed by atoms with E-state index in [-0.39, 0.29) is 17.5 Å². The molecule has 162 valence electrons. The highest BCUT2D eigenvalue weighted by Gasteiger charge is 2.36. The number of benzene rings is 1. The molecule has 0 aliphatic rings. The summed E-state index contributed by atoms with van der Waals surface area (Å²) in [5.74, 6) is -0.335. The third-order valence-corrected chi connectivity index (χ3v) is 4.33. The van der Waals surface area contributed by atoms with Gasteiger partial charge in [-0.05, 0) is 46.3 Å². The van der Waals surface area contributed by atoms with Crippen LogP contribution in [0.3, 0.4) is 0 Å². The predicted octanol–water partition coefficient (Wildman–Crippen LogP) is 5.35. The molecule has 0 aliphatic heterocycles. The van der Waals surface area contributed by atoms with E-state index in [0.717, 1.165) is 12.1 Å². The molecule has 0 N–H and O–H groups in total. The van der Waals surface area contributed by atoms with Crippen LogP contribution in [-0.2, 0) is 12.7 Å². The molecular formula is C18H10BrF6N5O. The van der Waals surface area contributed by atoms with Crippen LogP contribution in [0.15, 0.2) is 45.4 Å². The van der Waals surface area contributed by atoms with E-state index in [1.54, 1.807) is 12.1 Å². The third-order valence-electron chi connectivity index (χ3n) is 3.89. The van der Waals surface area contributed by atoms with Crippen LogP contribution in [0.25, 0.3) is 11.6 Å². The first-order chi connectivity index (χ1) is 14.5. The number of nitriles is 1. The van der Waals surface area contributed by atoms with Crippen molar-refractivity contribution in [1.82, 2.24) is 15.2 Å². The molecule has 3 aromatic rings. The van der Waals surface area contributed by atoms with Crippen molar-refractivity contribution >= 4 is 21.6 Å². The molecule has 2 aromatic heterocycles. The minimum absolute atomic E-state index is 0.0703. The second-order valence-corrected chi connectivity index (χ2v) is 6.97. The Morgan fingerprint density at radius 1 is 1.06 bits per heavy atom. The number of pyridine rings is 1. The van der Waals surface area contributed by atoms with Gasteiger partial charge in [0, 0.05) is 5.69 Å². The van der Waals surface area contributed by atoms with E-state index in [2.05, 4.69) is 31.1 Å². The van der Waals surface area contributed by atoms with Gasteiger partial charge in [0.1, 0.15) is 16.8 Å². The molecule has 1 aromatic carbocycles. The number of aromatic nitrogens is 3. The molecule has 2 heterocycles. The lowest BCUT2D eigenvalue weighted by atomic mass is 10.1. The fourth-order valence-electron chi connectivity index (χ4n) is 2.63. The van der Waals surface area contributed by atoms with E-state index in [0.29, 0.717) is 15.6 Å². The Labute approximate surface area is 179 Å². The van der Waals surface area contributed by atoms with Crippen molar-refractivity contribution in [3.63, 3.8) is 0 Å². The van der Waals surface area contributed by atoms with E-state index in [1.807, 2.05) is 0 Å². The van der Waals surface area contributed by atoms with Crippen molar-refractivity contribution in [2.24, 2.45) is 0 Å². The normalized spacial score (nSPS) is 11.9. The summed E-state index contributed by atoms with van der Waals surface area (Å²) in [7, 11) is 0. The third kappa shape index (κ3) is 5.72. The molecule has 0 saturated carbocycles. The van der Waals surface area contributed by atoms with Crippen LogP contribution < -0.4 is 4.90 Å². The molecular weight excluding hydrogens is 496 g/mol. The van der Waals surface area contributed by atoms with Gasteiger partial charge >= 0.3 is 12.4 Å². The summed E-state index contributed by atoms with van der Waals surface area (Å²) >= 11 is 3.16. The van der Waals surface area contributed by atoms with Gasteiger partial charge in [-0.3, -0.25) is 0 Å². The minimum Gasteiger partial charge on any atom is -0.417 e. The van der Waals surface area contributed by atoms with Crippen LogP contribution in [0.4, 0.5) is 32.0 Å². The van der Waals surface area contributed by atoms with E-state index < -0.39 is 42.3 Å². The first kappa shape index (κ1) is 22.5. The topological polar surface area (TPSA) is 78.8 Å². The van der Waals surface area contributed by atoms with Crippen LogP contribution in [0, 0.1) is 11.3 Å². The molecule has 0 atom stereocenters. The highest BCUT2D eigenvalue weighted by molar-refractivity contribution is 9.10. The Morgan fingerprint density at radius 2 is 1.81 bits per heavy atom. The lowest BCUT2D eigenvalue weighted by molar-refractivity contribution is -0.137. The Balaban J connectivity index is 1.95. The fourth-order valence-corrected chi connectivity index (χ4v) is 2.97. The maximum absolute atomic E-state index is 13.2. The van der Waals surface area contributed by atoms with Crippen LogP contribution in [0.5, 0.6) is 0 Å². The first-order valence-corrected chi connectivity index (χ1v) is 9.14. The summed E-state index contributed by atoms with van der Waals surface area (Å²) in [6.07, 6.45) is -9.66. The van der Waals surface area contributed by atoms with Gasteiger partial charge in [-0.2, -0.15) is 31.6 Å². The maximum Gasteiger partial charge on any atom is 0.417 e. The van der Waals surface area contributed by atoms with Crippen molar-refractivity contribution < 1.29 is 30.8 Å². The monoisotopic (exact) mass is 505 g/mol. The summed E-state index contributed by atoms with van der Waals surface area (Å²) in [5, 5.41) is 16.3. The molecule has 0 unspecified atom stereocenters. The zero-order valence-corrected chi connectivity index (χ0v) is 16.8. The van der Waals surface area contributed by atoms with Crippen molar-refractivity contribution in [2.45, 2.75) is 18.9 Å². The highest BCUT2D eigenvalue weighted by Crippen LogP contribution is 2.35. The van der Waals surface area contributed by atoms with E-state index in [1.165, 1.54) is 12.1 Å². The molecule has 0 fully saturated rings. The van der Waals surface area contributed by atoms with Crippen LogP contribution in [0.1, 0.15) is 17.0 Å². The molecule has 0 amide bonds. The number of nitrogens with zero attached hydrogens (tertiary/aromatic N) is 5. The minimum atomic E-state index is -4.92. The molecule has 13 heteroatoms. The number of hydrogen-bond acceptors (Lipinski definition) is 6. The van der Waals surface area contributed by atoms with Crippen LogP contribution in [-0.4, -0.2) is 27.9 Å². The molecule has 31 heavy (non-hydrogen) atoms. The predicted molar refractivity (Wildman–Crippen MR) is 98.5 cm³/mol. The maximum atomic E-state index is 13.2. The highest BCUT2D eigenvalue weighted by atomic mass is 79.9. The smallest absolute Gasteiger partial charge is 0.417 e. The Morgan fingerprint density at radius 3 is 2.42 bits per heavy atom. The van der Waals surface area contributed by atoms with Gasteiger partial charge in [0.25, 0.3) is 5.89 Å². The average molecular weight is 506 g/mol. The summed E-state index contributed by atoms with van der Waals surface area (Å²) < 4.78 is 84.7. The van der Waals surface area contributed by atoms with Crippen molar-refractivity contribution in [2.75, 3.05) is 11.4 Å². The zero-order valence-electron chi connectivity index (χ0n) is 15.2. The Bertz CT molecular complexity index is 1120. The molecule has 0 bridgehead atoms. The van der Waals surface area contributed by atoms with E-state index >= 15 is 0 Å². The average Bonchev–Trinajstić information content (AvgIpc) is 3.14. The van der Waals surface area contributed by atoms with Gasteiger partial charge in [0.15, 0.2) is 0 Å². The summed E-state index contributed by atoms with van der Waals surface area (Å²) in [5.41, 5.74) is -2.20. The summed E-state index contributed by atoms with van der Waals surface area (Å²) in [4.78, 5) is 4.68. The molecule has 6 nitrogen and oxygen atoms in total. The molecule has 3 rings (SSSR count). The zero-order chi connectivity index (χ0) is 22.8. The quantitative estimate of drug-likeness (QED) is 0.343. The fraction of sp³-hybridized carbons (Fsp3) is 0.222. The van der Waals surface area contributed by atoms with Crippen molar-refractivity contribution in [3.05, 3.63) is 58.0 Å². The van der Waals surface area contributed by atoms with Gasteiger partial charge in [0.2, 0.25) is 5.89 Å². The second-order valence-electron chi connectivity index (χ2n) is 6.16. The lowest BCUT2D eigenvalue weighted by Gasteiger charge is -2.25. The number of rotatable bonds is 5. The number of halogens is 7. The molecule has 0 aliphatic carbocycles. The molecule has 0 radical (unpaired) electrons. The van der Waals surface area contributed by atoms with Gasteiger partial charge in [-0.15, -0.1) is 10.2 Å². The van der Waals surface area contributed by atoms with Gasteiger partial charge in [-0.25, -0.2) is 4.98 Å². The van der Waals surface area contributed by atoms with Crippen molar-refractivity contribution in [3.8, 4) is 17.7 Å². The van der Waals surface area contributed by atoms with E-state index in [4.69, 9.17) is 9.68 Å². The largest absolute Gasteiger partial charge is 0.417 e. The van der Waals surface area contributed by atoms with Crippen LogP contribution >= 0.6 is 15.9 Å². The molecule has 0 saturated heterocycles. The van der Waals surface area contributed by atoms with Gasteiger partial charge in [0.05, 0.1) is 23.7 Å². The number of alkyl halides is 6. The number of anilines is 1. The van der Waals surface area contributed by atoms with Gasteiger partial charge < -0.3 is 9.32 Å². The molecule has 0 spiro atoms. The first-order valence-electron chi connectivity index (χ1n) is 8.34. The van der Waals surface area contributed by atoms with E-state index in [9.17, 15) is 26.3 Å². The SMILES string of the molecule is N#Cc1ccc(N(Cc2nnc(-c3cccc(Br)n3)o2)CC(F)(F)F)cc1C(F)(F)F. The Kier molecular flexibility index (Phi) is 6.21. The lowest BCUT2D eigenvalue weighted by Crippen LogP contribution is -2.34. The second kappa shape index (κ2) is 8.54. The van der Waals surface area contributed by atoms with Crippen molar-refractivity contribution in [1.29, 1.82) is 5.26 Å². The summed E-state index contributed by atoms with van der Waals surface area (Å²) in [6, 6.07) is 8.46. The Hall–Kier alpha value is -3.14. The standard InChI is InChI=1S/C18H10BrF6N5O/c19-14-3-1-2-13(27-14)16-29-28-15(31-16)8-30(9-17(20,21)22)11-5-4-10(7-26)12(6-11)18(23,24)25/h1-6H,8-9H2. The summed E-state index contributed by atoms with van der Waals surface area (Å²) in [6.45, 7) is -2.20. The van der Waals surface area contributed by atoms with Crippen LogP contribution in [0.2, 0.25) is 0 Å². The number of hydrogen-bond donors (Lipinski definition) is 0. The van der Waals surface area contributed by atoms with Gasteiger partial charge in [-0.1, -0.05) is 6.07 Å².